The molecule has 38 nitrogen and oxygen atoms in total. The fourth-order valence-electron chi connectivity index (χ4n) is 21.1. The zero-order valence-electron chi connectivity index (χ0n) is 81.8. The predicted molar refractivity (Wildman–Crippen MR) is 550 cm³/mol. The third-order valence-electron chi connectivity index (χ3n) is 27.8. The van der Waals surface area contributed by atoms with Gasteiger partial charge in [-0.1, -0.05) is 72.2 Å². The number of aryl methyl sites for hydroxylation is 1. The van der Waals surface area contributed by atoms with Crippen LogP contribution in [-0.2, 0) is 48.3 Å². The first kappa shape index (κ1) is 111. The van der Waals surface area contributed by atoms with Crippen molar-refractivity contribution in [2.75, 3.05) is 71.3 Å². The van der Waals surface area contributed by atoms with Crippen molar-refractivity contribution in [3.63, 3.8) is 0 Å². The first-order valence-electron chi connectivity index (χ1n) is 49.2. The summed E-state index contributed by atoms with van der Waals surface area (Å²) in [7, 11) is -4.01. The SMILES string of the molecule is CCOC(=O)C=C1CCCC(Nc2nc(Cl)ncc2F)C1.CCOC(=O)CC1(C[N+](=O)[O-])CCCC(Nc2nc(Cl)ncc2F)C1.Cc1ccc(S(=O)(=O)n2cc(-c3ncc(F)c(NC4CCCC5(CNC(=O)C5)C4)n3)c3cc(Cl)cnc32)cc1.O=C1CC2(CCCC(Nc3nc(-c4c[nH]c5ncc(Cl)cc45)ncc3F)C2)CN1.O=C1CC2(CCCC(Nc3nc(Cl)ncc3F)C2)CN1.O=C1CCCC(Nc2nc(Cl)ncc2F)C1. The molecule has 6 aliphatic carbocycles. The number of nitro groups is 1. The lowest BCUT2D eigenvalue weighted by atomic mass is 9.70. The van der Waals surface area contributed by atoms with E-state index in [2.05, 4.69) is 123 Å². The number of esters is 2. The number of nitrogens with zero attached hydrogens (tertiary/aromatic N) is 16. The summed E-state index contributed by atoms with van der Waals surface area (Å²) in [5.41, 5.74) is 2.85. The Kier molecular flexibility index (Phi) is 37.2. The number of rotatable bonds is 23. The summed E-state index contributed by atoms with van der Waals surface area (Å²) in [6, 6.07) is 9.69. The molecule has 20 rings (SSSR count). The summed E-state index contributed by atoms with van der Waals surface area (Å²) in [4.78, 5) is 139. The number of ketones is 1. The Balaban J connectivity index is 0.000000138. The molecular weight excluding hydrogens is 2100 g/mol. The number of halogens is 12. The minimum absolute atomic E-state index is 0.00278. The molecule has 10 aromatic heterocycles. The van der Waals surface area contributed by atoms with Crippen molar-refractivity contribution in [3.8, 4) is 22.8 Å². The van der Waals surface area contributed by atoms with Gasteiger partial charge in [-0.05, 0) is 223 Å². The molecule has 10 atom stereocenters. The highest BCUT2D eigenvalue weighted by Crippen LogP contribution is 2.48. The maximum atomic E-state index is 14.9. The van der Waals surface area contributed by atoms with Crippen LogP contribution in [0.1, 0.15) is 199 Å². The fraction of sp³-hybridized carbons (Fsp3) is 0.475. The number of fused-ring (bicyclic) bond motifs is 2. The van der Waals surface area contributed by atoms with Crippen LogP contribution in [0, 0.1) is 73.6 Å². The van der Waals surface area contributed by atoms with Gasteiger partial charge in [-0.2, -0.15) is 19.9 Å². The molecule has 9 fully saturated rings. The number of hydrogen-bond donors (Lipinski definition) is 10. The minimum Gasteiger partial charge on any atom is -0.466 e. The molecule has 3 spiro atoms. The number of benzene rings is 1. The maximum absolute atomic E-state index is 14.9. The van der Waals surface area contributed by atoms with E-state index in [4.69, 9.17) is 79.1 Å². The lowest BCUT2D eigenvalue weighted by Crippen LogP contribution is -2.42. The summed E-state index contributed by atoms with van der Waals surface area (Å²) in [6.45, 7) is 7.61. The van der Waals surface area contributed by atoms with Gasteiger partial charge in [0.1, 0.15) is 11.4 Å². The highest BCUT2D eigenvalue weighted by Gasteiger charge is 2.47. The summed E-state index contributed by atoms with van der Waals surface area (Å²) < 4.78 is 122. The number of nitrogens with one attached hydrogen (secondary N) is 10. The summed E-state index contributed by atoms with van der Waals surface area (Å²) in [6.07, 6.45) is 34.7. The molecule has 10 unspecified atom stereocenters. The van der Waals surface area contributed by atoms with Crippen molar-refractivity contribution in [1.82, 2.24) is 94.7 Å². The summed E-state index contributed by atoms with van der Waals surface area (Å²) in [5, 5.41) is 40.2. The smallest absolute Gasteiger partial charge is 0.330 e. The van der Waals surface area contributed by atoms with Gasteiger partial charge < -0.3 is 62.3 Å². The van der Waals surface area contributed by atoms with Gasteiger partial charge in [0.05, 0.1) is 71.8 Å². The molecule has 6 saturated carbocycles. The molecule has 51 heteroatoms. The lowest BCUT2D eigenvalue weighted by molar-refractivity contribution is -0.499. The van der Waals surface area contributed by atoms with Crippen molar-refractivity contribution in [1.29, 1.82) is 0 Å². The molecule has 1 aromatic carbocycles. The average molecular weight is 2210 g/mol. The van der Waals surface area contributed by atoms with Gasteiger partial charge >= 0.3 is 11.9 Å². The monoisotopic (exact) mass is 2210 g/mol. The molecule has 0 radical (unpaired) electrons. The molecule has 798 valence electrons. The highest BCUT2D eigenvalue weighted by molar-refractivity contribution is 7.90. The van der Waals surface area contributed by atoms with E-state index in [1.54, 1.807) is 50.5 Å². The van der Waals surface area contributed by atoms with Crippen LogP contribution in [0.5, 0.6) is 0 Å². The number of carbonyl (C=O) groups excluding carboxylic acids is 6. The van der Waals surface area contributed by atoms with E-state index in [1.807, 2.05) is 6.92 Å². The largest absolute Gasteiger partial charge is 0.466 e. The Bertz CT molecular complexity index is 6950. The molecule has 0 bridgehead atoms. The molecule has 3 saturated heterocycles. The molecule has 3 amide bonds. The molecule has 13 heterocycles. The van der Waals surface area contributed by atoms with Crippen molar-refractivity contribution < 1.29 is 77.9 Å². The second-order valence-corrected chi connectivity index (χ2v) is 43.1. The number of anilines is 6. The zero-order valence-corrected chi connectivity index (χ0v) is 87.2. The van der Waals surface area contributed by atoms with Gasteiger partial charge in [0.2, 0.25) is 45.4 Å². The Labute approximate surface area is 888 Å². The van der Waals surface area contributed by atoms with Crippen LogP contribution in [0.15, 0.2) is 115 Å². The van der Waals surface area contributed by atoms with E-state index in [0.29, 0.717) is 122 Å². The van der Waals surface area contributed by atoms with Gasteiger partial charge in [-0.15, -0.1) is 0 Å². The van der Waals surface area contributed by atoms with Gasteiger partial charge in [0.15, 0.2) is 87.1 Å². The van der Waals surface area contributed by atoms with Crippen molar-refractivity contribution in [2.45, 2.75) is 242 Å². The fourth-order valence-corrected chi connectivity index (χ4v) is 23.2. The number of Topliss-reactive ketones (excluding diaryl/α,β-unsaturated/α-hetero) is 1. The molecular formula is C99H110Cl6F6N26O12S. The van der Waals surface area contributed by atoms with Crippen LogP contribution in [0.3, 0.4) is 0 Å². The van der Waals surface area contributed by atoms with E-state index in [0.717, 1.165) is 167 Å². The number of ether oxygens (including phenoxy) is 2. The summed E-state index contributed by atoms with van der Waals surface area (Å²) >= 11 is 34.9. The van der Waals surface area contributed by atoms with Crippen LogP contribution in [0.25, 0.3) is 44.8 Å². The summed E-state index contributed by atoms with van der Waals surface area (Å²) in [5.74, 6) is -2.69. The van der Waals surface area contributed by atoms with Crippen molar-refractivity contribution in [3.05, 3.63) is 192 Å². The second-order valence-electron chi connectivity index (χ2n) is 39.1. The van der Waals surface area contributed by atoms with E-state index in [-0.39, 0.29) is 174 Å². The van der Waals surface area contributed by atoms with Crippen molar-refractivity contribution >= 4 is 172 Å². The van der Waals surface area contributed by atoms with Crippen LogP contribution in [0.4, 0.5) is 61.2 Å². The quantitative estimate of drug-likeness (QED) is 0.00710. The Morgan fingerprint density at radius 2 is 0.893 bits per heavy atom. The van der Waals surface area contributed by atoms with Crippen LogP contribution in [-0.4, -0.2) is 203 Å². The molecule has 3 aliphatic heterocycles. The molecule has 11 aromatic rings. The van der Waals surface area contributed by atoms with E-state index in [9.17, 15) is 73.6 Å². The van der Waals surface area contributed by atoms with Gasteiger partial charge in [0.25, 0.3) is 10.0 Å². The van der Waals surface area contributed by atoms with Crippen LogP contribution < -0.4 is 47.9 Å². The predicted octanol–water partition coefficient (Wildman–Crippen LogP) is 18.6. The number of aromatic amines is 1. The lowest BCUT2D eigenvalue weighted by Gasteiger charge is -2.37. The number of carbonyl (C=O) groups is 6. The van der Waals surface area contributed by atoms with E-state index in [1.165, 1.54) is 36.8 Å². The zero-order chi connectivity index (χ0) is 107. The molecule has 150 heavy (non-hydrogen) atoms. The Morgan fingerprint density at radius 3 is 1.33 bits per heavy atom. The Morgan fingerprint density at radius 1 is 0.493 bits per heavy atom. The maximum Gasteiger partial charge on any atom is 0.330 e. The average Bonchev–Trinajstić information content (AvgIpc) is 1.59. The van der Waals surface area contributed by atoms with Gasteiger partial charge in [-0.25, -0.2) is 93.4 Å². The Hall–Kier alpha value is -12.7. The standard InChI is InChI=1S/C27H26ClFN6O3S.C20H20ClFN6O.C15H20ClFN4O4.C14H17ClFN3O2.C13H16ClFN4O.C10H11ClFN3O/c1-16-4-6-19(7-5-16)39(37,38)35-14-21(20-9-17(28)12-31-26(20)35)24-30-13-22(29)25(34-24)33-18-3-2-8-27(10-18)11-23(36)32-15-27;21-11-4-13-14(8-24-17(13)23-7-11)18-25-9-15(22)19(28-18)27-12-2-1-3-20(5-12)6-16(29)26-10-20;1-2-25-12(22)7-15(9-21(23)24)5-3-4-10(6-15)19-13-11(17)8-18-14(16)20-13;1-2-21-12(20)7-9-4-3-5-10(6-9)18-13-11(16)8-17-14(15)19-13;14-12-16-6-9(15)11(19-12)18-8-2-1-3-13(4-8)5-10(20)17-7-13;11-10-13-5-8(12)9(15-10)14-6-2-1-3-7(16)4-6/h4-7,9,12-14,18H,2-3,8,10-11,15H2,1H3,(H,32,36)(H,30,33,34);4,7-9,12H,1-3,5-6,10H2,(H,23,24)(H,26,29)(H,25,27,28);8,10H,2-7,9H2,1H3,(H,18,19,20);7-8,10H,2-6H2,1H3,(H,17,18,19);6,8H,1-5,7H2,(H,17,20)(H,16,18,19);5-6H,1-4H2,(H,13,14,15). The topological polar surface area (TPSA) is 508 Å². The van der Waals surface area contributed by atoms with Crippen LogP contribution in [0.2, 0.25) is 31.2 Å². The van der Waals surface area contributed by atoms with Gasteiger partial charge in [0, 0.05) is 151 Å². The number of aromatic nitrogens is 16. The first-order valence-corrected chi connectivity index (χ1v) is 52.9. The van der Waals surface area contributed by atoms with Crippen molar-refractivity contribution in [2.24, 2.45) is 21.7 Å². The number of pyridine rings is 2. The normalized spacial score (nSPS) is 23.1. The van der Waals surface area contributed by atoms with E-state index < -0.39 is 61.2 Å². The molecule has 10 N–H and O–H groups in total. The number of amides is 3. The number of hydrogen-bond acceptors (Lipinski definition) is 32. The van der Waals surface area contributed by atoms with Gasteiger partial charge in [-0.3, -0.25) is 34.1 Å². The first-order chi connectivity index (χ1) is 71.8. The molecule has 9 aliphatic rings. The highest BCUT2D eigenvalue weighted by atomic mass is 35.5. The second kappa shape index (κ2) is 50.0. The van der Waals surface area contributed by atoms with E-state index >= 15 is 0 Å². The third-order valence-corrected chi connectivity index (χ3v) is 30.6. The third kappa shape index (κ3) is 29.6. The number of H-pyrrole nitrogens is 1. The van der Waals surface area contributed by atoms with Crippen LogP contribution >= 0.6 is 69.6 Å². The minimum atomic E-state index is -4.01.